The van der Waals surface area contributed by atoms with Gasteiger partial charge in [-0.15, -0.1) is 0 Å². The first kappa shape index (κ1) is 28.1. The molecule has 3 aromatic rings. The minimum Gasteiger partial charge on any atom is -0.368 e. The molecule has 0 spiro atoms. The smallest absolute Gasteiger partial charge is 0.368 e. The maximum atomic E-state index is 13.3. The van der Waals surface area contributed by atoms with Gasteiger partial charge in [0.1, 0.15) is 0 Å². The summed E-state index contributed by atoms with van der Waals surface area (Å²) in [6.07, 6.45) is -3.92. The summed E-state index contributed by atoms with van der Waals surface area (Å²) >= 11 is 6.08. The van der Waals surface area contributed by atoms with E-state index in [0.717, 1.165) is 29.7 Å². The van der Waals surface area contributed by atoms with Crippen molar-refractivity contribution in [2.45, 2.75) is 38.1 Å². The highest BCUT2D eigenvalue weighted by molar-refractivity contribution is 6.30. The Bertz CT molecular complexity index is 1160. The molecule has 0 unspecified atom stereocenters. The first-order valence-corrected chi connectivity index (χ1v) is 13.2. The van der Waals surface area contributed by atoms with E-state index in [4.69, 9.17) is 16.3 Å². The molecule has 0 bridgehead atoms. The van der Waals surface area contributed by atoms with Gasteiger partial charge in [0.2, 0.25) is 5.91 Å². The zero-order valence-corrected chi connectivity index (χ0v) is 22.1. The highest BCUT2D eigenvalue weighted by Crippen LogP contribution is 2.30. The lowest BCUT2D eigenvalue weighted by atomic mass is 9.95. The number of benzene rings is 3. The van der Waals surface area contributed by atoms with E-state index in [0.29, 0.717) is 43.3 Å². The molecule has 1 aliphatic rings. The second-order valence-electron chi connectivity index (χ2n) is 9.54. The molecule has 3 aromatic carbocycles. The number of hydrogen-bond donors (Lipinski definition) is 0. The van der Waals surface area contributed by atoms with Crippen molar-refractivity contribution in [1.29, 1.82) is 0 Å². The van der Waals surface area contributed by atoms with E-state index in [1.165, 1.54) is 12.1 Å². The minimum absolute atomic E-state index is 0.142. The normalized spacial score (nSPS) is 16.3. The standard InChI is InChI=1S/C30H32ClF3N2O2/c1-2-27(23-6-4-3-5-7-23)29(37)36-18-16-35(17-19-36)20-28(24-10-14-26(31)15-11-24)38-21-22-8-12-25(13-9-22)30(32,33)34/h3-15,27-28H,2,16-21H2,1H3/t27-,28-/m1/s1. The van der Waals surface area contributed by atoms with Crippen LogP contribution in [0.2, 0.25) is 5.02 Å². The number of ether oxygens (including phenoxy) is 1. The SMILES string of the molecule is CC[C@@H](C(=O)N1CCN(C[C@@H](OCc2ccc(C(F)(F)F)cc2)c2ccc(Cl)cc2)CC1)c1ccccc1. The molecule has 0 radical (unpaired) electrons. The molecule has 0 aliphatic carbocycles. The number of halogens is 4. The molecule has 2 atom stereocenters. The van der Waals surface area contributed by atoms with Crippen molar-refractivity contribution in [2.24, 2.45) is 0 Å². The number of hydrogen-bond acceptors (Lipinski definition) is 3. The molecule has 38 heavy (non-hydrogen) atoms. The van der Waals surface area contributed by atoms with Gasteiger partial charge in [0, 0.05) is 37.7 Å². The average Bonchev–Trinajstić information content (AvgIpc) is 2.92. The van der Waals surface area contributed by atoms with E-state index in [1.807, 2.05) is 54.3 Å². The monoisotopic (exact) mass is 544 g/mol. The predicted octanol–water partition coefficient (Wildman–Crippen LogP) is 6.95. The Balaban J connectivity index is 1.38. The van der Waals surface area contributed by atoms with Crippen LogP contribution in [0.1, 0.15) is 47.6 Å². The van der Waals surface area contributed by atoms with Crippen molar-refractivity contribution >= 4 is 17.5 Å². The lowest BCUT2D eigenvalue weighted by Crippen LogP contribution is -2.50. The molecule has 8 heteroatoms. The number of nitrogens with zero attached hydrogens (tertiary/aromatic N) is 2. The van der Waals surface area contributed by atoms with Crippen LogP contribution < -0.4 is 0 Å². The number of piperazine rings is 1. The first-order chi connectivity index (χ1) is 18.2. The maximum Gasteiger partial charge on any atom is 0.416 e. The van der Waals surface area contributed by atoms with Gasteiger partial charge in [-0.25, -0.2) is 0 Å². The van der Waals surface area contributed by atoms with Crippen LogP contribution in [0.5, 0.6) is 0 Å². The molecule has 1 saturated heterocycles. The van der Waals surface area contributed by atoms with E-state index in [9.17, 15) is 18.0 Å². The molecule has 0 N–H and O–H groups in total. The van der Waals surface area contributed by atoms with Crippen LogP contribution in [-0.4, -0.2) is 48.4 Å². The van der Waals surface area contributed by atoms with Gasteiger partial charge >= 0.3 is 6.18 Å². The van der Waals surface area contributed by atoms with E-state index < -0.39 is 11.7 Å². The van der Waals surface area contributed by atoms with Crippen molar-refractivity contribution in [1.82, 2.24) is 9.80 Å². The van der Waals surface area contributed by atoms with Crippen LogP contribution >= 0.6 is 11.6 Å². The number of rotatable bonds is 9. The third-order valence-corrected chi connectivity index (χ3v) is 7.24. The van der Waals surface area contributed by atoms with Crippen molar-refractivity contribution in [3.05, 3.63) is 106 Å². The molecule has 0 saturated carbocycles. The highest BCUT2D eigenvalue weighted by atomic mass is 35.5. The molecule has 0 aromatic heterocycles. The second-order valence-corrected chi connectivity index (χ2v) is 9.98. The highest BCUT2D eigenvalue weighted by Gasteiger charge is 2.30. The van der Waals surface area contributed by atoms with E-state index in [-0.39, 0.29) is 24.5 Å². The molecule has 1 amide bonds. The van der Waals surface area contributed by atoms with Gasteiger partial charge in [0.05, 0.1) is 24.2 Å². The van der Waals surface area contributed by atoms with Gasteiger partial charge < -0.3 is 9.64 Å². The Morgan fingerprint density at radius 3 is 2.11 bits per heavy atom. The summed E-state index contributed by atoms with van der Waals surface area (Å²) in [6, 6.07) is 22.4. The van der Waals surface area contributed by atoms with Gasteiger partial charge in [-0.05, 0) is 47.4 Å². The summed E-state index contributed by atoms with van der Waals surface area (Å²) in [7, 11) is 0. The predicted molar refractivity (Wildman–Crippen MR) is 143 cm³/mol. The molecule has 4 nitrogen and oxygen atoms in total. The molecule has 1 aliphatic heterocycles. The molecule has 1 heterocycles. The number of carbonyl (C=O) groups excluding carboxylic acids is 1. The Hall–Kier alpha value is -2.87. The molecular weight excluding hydrogens is 513 g/mol. The summed E-state index contributed by atoms with van der Waals surface area (Å²) in [5.41, 5.74) is 1.97. The third-order valence-electron chi connectivity index (χ3n) is 6.99. The van der Waals surface area contributed by atoms with Crippen LogP contribution in [0.15, 0.2) is 78.9 Å². The van der Waals surface area contributed by atoms with Crippen LogP contribution in [0, 0.1) is 0 Å². The molecule has 4 rings (SSSR count). The van der Waals surface area contributed by atoms with Crippen LogP contribution in [0.3, 0.4) is 0 Å². The van der Waals surface area contributed by atoms with Crippen molar-refractivity contribution in [3.63, 3.8) is 0 Å². The van der Waals surface area contributed by atoms with Crippen molar-refractivity contribution < 1.29 is 22.7 Å². The summed E-state index contributed by atoms with van der Waals surface area (Å²) in [4.78, 5) is 17.5. The Kier molecular flexibility index (Phi) is 9.47. The number of carbonyl (C=O) groups is 1. The van der Waals surface area contributed by atoms with Crippen molar-refractivity contribution in [2.75, 3.05) is 32.7 Å². The minimum atomic E-state index is -4.37. The lowest BCUT2D eigenvalue weighted by molar-refractivity contribution is -0.137. The van der Waals surface area contributed by atoms with Gasteiger partial charge in [-0.1, -0.05) is 73.1 Å². The fraction of sp³-hybridized carbons (Fsp3) is 0.367. The Morgan fingerprint density at radius 2 is 1.53 bits per heavy atom. The Morgan fingerprint density at radius 1 is 0.895 bits per heavy atom. The maximum absolute atomic E-state index is 13.3. The van der Waals surface area contributed by atoms with Gasteiger partial charge in [0.25, 0.3) is 0 Å². The van der Waals surface area contributed by atoms with E-state index >= 15 is 0 Å². The van der Waals surface area contributed by atoms with Crippen LogP contribution in [-0.2, 0) is 22.3 Å². The van der Waals surface area contributed by atoms with Gasteiger partial charge in [-0.3, -0.25) is 9.69 Å². The van der Waals surface area contributed by atoms with Crippen molar-refractivity contribution in [3.8, 4) is 0 Å². The zero-order valence-electron chi connectivity index (χ0n) is 21.3. The Labute approximate surface area is 227 Å². The summed E-state index contributed by atoms with van der Waals surface area (Å²) in [6.45, 7) is 5.51. The van der Waals surface area contributed by atoms with Gasteiger partial charge in [-0.2, -0.15) is 13.2 Å². The largest absolute Gasteiger partial charge is 0.416 e. The quantitative estimate of drug-likeness (QED) is 0.292. The first-order valence-electron chi connectivity index (χ1n) is 12.8. The fourth-order valence-corrected chi connectivity index (χ4v) is 4.89. The summed E-state index contributed by atoms with van der Waals surface area (Å²) in [5.74, 6) is 0.0165. The molecule has 202 valence electrons. The number of amides is 1. The summed E-state index contributed by atoms with van der Waals surface area (Å²) < 4.78 is 44.9. The van der Waals surface area contributed by atoms with E-state index in [1.54, 1.807) is 12.1 Å². The van der Waals surface area contributed by atoms with Gasteiger partial charge in [0.15, 0.2) is 0 Å². The summed E-state index contributed by atoms with van der Waals surface area (Å²) in [5, 5.41) is 0.617. The zero-order chi connectivity index (χ0) is 27.1. The lowest BCUT2D eigenvalue weighted by Gasteiger charge is -2.38. The van der Waals surface area contributed by atoms with Crippen LogP contribution in [0.25, 0.3) is 0 Å². The average molecular weight is 545 g/mol. The third kappa shape index (κ3) is 7.37. The second kappa shape index (κ2) is 12.8. The van der Waals surface area contributed by atoms with E-state index in [2.05, 4.69) is 4.90 Å². The number of alkyl halides is 3. The molecule has 1 fully saturated rings. The fourth-order valence-electron chi connectivity index (χ4n) is 4.76. The molecular formula is C30H32ClF3N2O2. The van der Waals surface area contributed by atoms with Crippen LogP contribution in [0.4, 0.5) is 13.2 Å². The topological polar surface area (TPSA) is 32.8 Å².